The van der Waals surface area contributed by atoms with E-state index in [1.54, 1.807) is 6.21 Å². The lowest BCUT2D eigenvalue weighted by Crippen LogP contribution is -2.43. The van der Waals surface area contributed by atoms with E-state index < -0.39 is 0 Å². The Morgan fingerprint density at radius 3 is 2.71 bits per heavy atom. The van der Waals surface area contributed by atoms with Gasteiger partial charge in [0.1, 0.15) is 17.6 Å². The summed E-state index contributed by atoms with van der Waals surface area (Å²) in [6.45, 7) is 3.63. The Morgan fingerprint density at radius 1 is 1.24 bits per heavy atom. The van der Waals surface area contributed by atoms with Crippen LogP contribution in [0.4, 0.5) is 0 Å². The molecule has 6 heteroatoms. The molecule has 0 aromatic carbocycles. The molecule has 6 nitrogen and oxygen atoms in total. The van der Waals surface area contributed by atoms with Crippen LogP contribution < -0.4 is 0 Å². The largest absolute Gasteiger partial charge is 0.381 e. The average Bonchev–Trinajstić information content (AvgIpc) is 3.27. The van der Waals surface area contributed by atoms with E-state index in [-0.39, 0.29) is 17.7 Å². The third-order valence-corrected chi connectivity index (χ3v) is 4.85. The van der Waals surface area contributed by atoms with Crippen LogP contribution in [0.1, 0.15) is 32.6 Å². The summed E-state index contributed by atoms with van der Waals surface area (Å²) in [4.78, 5) is 21.2. The maximum absolute atomic E-state index is 12.3. The van der Waals surface area contributed by atoms with E-state index in [0.717, 1.165) is 31.9 Å². The maximum atomic E-state index is 12.3. The van der Waals surface area contributed by atoms with Crippen molar-refractivity contribution in [3.05, 3.63) is 0 Å². The van der Waals surface area contributed by atoms with Gasteiger partial charge in [-0.2, -0.15) is 10.1 Å². The molecule has 0 N–H and O–H groups in total. The Hall–Kier alpha value is -1.56. The van der Waals surface area contributed by atoms with E-state index in [4.69, 9.17) is 9.73 Å². The predicted molar refractivity (Wildman–Crippen MR) is 79.4 cm³/mol. The van der Waals surface area contributed by atoms with Crippen molar-refractivity contribution in [2.24, 2.45) is 32.8 Å². The van der Waals surface area contributed by atoms with Gasteiger partial charge in [0.05, 0.1) is 6.04 Å². The van der Waals surface area contributed by atoms with Gasteiger partial charge in [0.2, 0.25) is 0 Å². The van der Waals surface area contributed by atoms with Crippen molar-refractivity contribution in [2.45, 2.75) is 38.6 Å². The fraction of sp³-hybridized carbons (Fsp3) is 0.733. The summed E-state index contributed by atoms with van der Waals surface area (Å²) in [5.41, 5.74) is 0. The molecule has 3 heterocycles. The number of amidine groups is 2. The van der Waals surface area contributed by atoms with Crippen molar-refractivity contribution in [1.82, 2.24) is 5.01 Å². The summed E-state index contributed by atoms with van der Waals surface area (Å²) < 4.78 is 5.41. The van der Waals surface area contributed by atoms with Gasteiger partial charge in [-0.05, 0) is 31.6 Å². The van der Waals surface area contributed by atoms with E-state index in [9.17, 15) is 4.79 Å². The summed E-state index contributed by atoms with van der Waals surface area (Å²) in [6, 6.07) is 0.294. The van der Waals surface area contributed by atoms with Gasteiger partial charge in [-0.1, -0.05) is 6.92 Å². The first-order chi connectivity index (χ1) is 10.2. The number of nitrogens with zero attached hydrogens (tertiary/aromatic N) is 4. The minimum absolute atomic E-state index is 0.110. The van der Waals surface area contributed by atoms with Crippen LogP contribution in [0, 0.1) is 17.8 Å². The van der Waals surface area contributed by atoms with Crippen LogP contribution in [0.25, 0.3) is 0 Å². The van der Waals surface area contributed by atoms with Crippen molar-refractivity contribution < 1.29 is 9.53 Å². The highest BCUT2D eigenvalue weighted by Gasteiger charge is 2.41. The normalized spacial score (nSPS) is 31.0. The minimum atomic E-state index is -0.372. The first-order valence-corrected chi connectivity index (χ1v) is 7.86. The molecular formula is C15H20N4O2. The van der Waals surface area contributed by atoms with E-state index in [1.165, 1.54) is 12.8 Å². The Bertz CT molecular complexity index is 544. The molecule has 3 aliphatic heterocycles. The average molecular weight is 288 g/mol. The molecule has 2 fully saturated rings. The monoisotopic (exact) mass is 288 g/mol. The van der Waals surface area contributed by atoms with Crippen molar-refractivity contribution in [2.75, 3.05) is 13.2 Å². The van der Waals surface area contributed by atoms with E-state index in [2.05, 4.69) is 17.0 Å². The highest BCUT2D eigenvalue weighted by atomic mass is 16.5. The zero-order valence-electron chi connectivity index (χ0n) is 12.2. The number of hydrogen-bond acceptors (Lipinski definition) is 5. The predicted octanol–water partition coefficient (Wildman–Crippen LogP) is 1.47. The highest BCUT2D eigenvalue weighted by molar-refractivity contribution is 6.24. The quantitative estimate of drug-likeness (QED) is 0.789. The van der Waals surface area contributed by atoms with Gasteiger partial charge >= 0.3 is 0 Å². The van der Waals surface area contributed by atoms with Crippen LogP contribution in [-0.2, 0) is 9.53 Å². The zero-order chi connectivity index (χ0) is 14.4. The fourth-order valence-electron chi connectivity index (χ4n) is 3.25. The molecule has 21 heavy (non-hydrogen) atoms. The second-order valence-corrected chi connectivity index (χ2v) is 6.33. The fourth-order valence-corrected chi connectivity index (χ4v) is 3.25. The molecule has 1 saturated heterocycles. The lowest BCUT2D eigenvalue weighted by Gasteiger charge is -2.31. The van der Waals surface area contributed by atoms with Crippen molar-refractivity contribution >= 4 is 23.8 Å². The third kappa shape index (κ3) is 2.31. The molecule has 1 amide bonds. The lowest BCUT2D eigenvalue weighted by molar-refractivity contribution is -0.118. The van der Waals surface area contributed by atoms with Gasteiger partial charge in [0.15, 0.2) is 0 Å². The van der Waals surface area contributed by atoms with Crippen LogP contribution in [0.5, 0.6) is 0 Å². The molecule has 112 valence electrons. The molecule has 2 atom stereocenters. The van der Waals surface area contributed by atoms with E-state index in [1.807, 2.05) is 5.01 Å². The highest BCUT2D eigenvalue weighted by Crippen LogP contribution is 2.38. The van der Waals surface area contributed by atoms with Crippen LogP contribution >= 0.6 is 0 Å². The van der Waals surface area contributed by atoms with E-state index in [0.29, 0.717) is 17.8 Å². The maximum Gasteiger partial charge on any atom is 0.263 e. The van der Waals surface area contributed by atoms with Crippen LogP contribution in [0.2, 0.25) is 0 Å². The number of fused-ring (bicyclic) bond motifs is 1. The minimum Gasteiger partial charge on any atom is -0.381 e. The summed E-state index contributed by atoms with van der Waals surface area (Å²) in [5.74, 6) is 1.93. The smallest absolute Gasteiger partial charge is 0.263 e. The summed E-state index contributed by atoms with van der Waals surface area (Å²) in [7, 11) is 0. The first kappa shape index (κ1) is 13.1. The third-order valence-electron chi connectivity index (χ3n) is 4.85. The second kappa shape index (κ2) is 5.02. The van der Waals surface area contributed by atoms with Crippen LogP contribution in [0.15, 0.2) is 15.1 Å². The molecule has 0 bridgehead atoms. The topological polar surface area (TPSA) is 66.6 Å². The van der Waals surface area contributed by atoms with Gasteiger partial charge in [-0.15, -0.1) is 0 Å². The molecule has 1 aliphatic carbocycles. The molecule has 1 saturated carbocycles. The summed E-state index contributed by atoms with van der Waals surface area (Å²) in [6.07, 6.45) is 6.01. The molecule has 0 radical (unpaired) electrons. The first-order valence-electron chi connectivity index (χ1n) is 7.86. The zero-order valence-corrected chi connectivity index (χ0v) is 12.2. The number of carbonyl (C=O) groups excluding carboxylic acids is 1. The Kier molecular flexibility index (Phi) is 3.14. The van der Waals surface area contributed by atoms with Crippen molar-refractivity contribution in [3.63, 3.8) is 0 Å². The second-order valence-electron chi connectivity index (χ2n) is 6.33. The Balaban J connectivity index is 1.60. The van der Waals surface area contributed by atoms with Gasteiger partial charge in [0, 0.05) is 25.3 Å². The molecular weight excluding hydrogens is 268 g/mol. The number of rotatable bonds is 3. The number of amides is 1. The summed E-state index contributed by atoms with van der Waals surface area (Å²) in [5, 5.41) is 6.38. The van der Waals surface area contributed by atoms with Crippen LogP contribution in [-0.4, -0.2) is 48.1 Å². The molecule has 4 aliphatic rings. The van der Waals surface area contributed by atoms with Crippen LogP contribution in [0.3, 0.4) is 0 Å². The number of hydrazone groups is 1. The van der Waals surface area contributed by atoms with Gasteiger partial charge in [-0.25, -0.2) is 10.0 Å². The van der Waals surface area contributed by atoms with Gasteiger partial charge in [-0.3, -0.25) is 4.79 Å². The molecule has 0 aromatic rings. The molecule has 0 spiro atoms. The van der Waals surface area contributed by atoms with E-state index >= 15 is 0 Å². The van der Waals surface area contributed by atoms with Crippen molar-refractivity contribution in [3.8, 4) is 0 Å². The summed E-state index contributed by atoms with van der Waals surface area (Å²) >= 11 is 0. The molecule has 0 aromatic heterocycles. The number of carbonyl (C=O) groups is 1. The van der Waals surface area contributed by atoms with Gasteiger partial charge in [0.25, 0.3) is 5.91 Å². The Labute approximate surface area is 124 Å². The molecule has 2 unspecified atom stereocenters. The van der Waals surface area contributed by atoms with Crippen molar-refractivity contribution in [1.29, 1.82) is 0 Å². The van der Waals surface area contributed by atoms with Gasteiger partial charge < -0.3 is 4.74 Å². The standard InChI is InChI=1S/C15H20N4O2/c1-9(10-2-3-10)13-17-14-12(15(20)18-13)8-16-19(14)11-4-6-21-7-5-11/h8-12H,2-7H2,1H3. The lowest BCUT2D eigenvalue weighted by atomic mass is 10.0. The number of aliphatic imine (C=N–C) groups is 2. The number of hydrogen-bond donors (Lipinski definition) is 0. The SMILES string of the molecule is CC(C1=NC(=O)C2C=NN(C3CCOCC3)C2=N1)C1CC1. The number of ether oxygens (including phenoxy) is 1. The molecule has 4 rings (SSSR count). The Morgan fingerprint density at radius 2 is 2.00 bits per heavy atom.